The van der Waals surface area contributed by atoms with E-state index in [2.05, 4.69) is 16.0 Å². The fraction of sp³-hybridized carbons (Fsp3) is 0.200. The molecular weight excluding hydrogens is 240 g/mol. The van der Waals surface area contributed by atoms with Gasteiger partial charge in [-0.2, -0.15) is 0 Å². The highest BCUT2D eigenvalue weighted by molar-refractivity contribution is 5.91. The summed E-state index contributed by atoms with van der Waals surface area (Å²) in [4.78, 5) is 8.71. The van der Waals surface area contributed by atoms with Gasteiger partial charge in [0.05, 0.1) is 24.4 Å². The van der Waals surface area contributed by atoms with E-state index in [0.29, 0.717) is 12.5 Å². The second-order valence-electron chi connectivity index (χ2n) is 4.76. The molecule has 3 heterocycles. The Bertz CT molecular complexity index is 696. The number of pyridine rings is 1. The van der Waals surface area contributed by atoms with Gasteiger partial charge in [0.15, 0.2) is 0 Å². The van der Waals surface area contributed by atoms with E-state index < -0.39 is 0 Å². The fourth-order valence-electron chi connectivity index (χ4n) is 2.81. The molecule has 0 fully saturated rings. The number of benzene rings is 1. The predicted molar refractivity (Wildman–Crippen MR) is 71.7 cm³/mol. The molecule has 0 amide bonds. The lowest BCUT2D eigenvalue weighted by atomic mass is 9.78. The first-order valence-electron chi connectivity index (χ1n) is 6.15. The zero-order chi connectivity index (χ0) is 12.9. The van der Waals surface area contributed by atoms with Crippen molar-refractivity contribution in [2.24, 2.45) is 4.99 Å². The van der Waals surface area contributed by atoms with Gasteiger partial charge in [-0.05, 0) is 11.6 Å². The molecule has 1 spiro atoms. The Hall–Kier alpha value is -2.36. The summed E-state index contributed by atoms with van der Waals surface area (Å²) in [6.07, 6.45) is 3.70. The monoisotopic (exact) mass is 252 g/mol. The highest BCUT2D eigenvalue weighted by Crippen LogP contribution is 2.48. The first-order chi connectivity index (χ1) is 9.33. The van der Waals surface area contributed by atoms with Crippen molar-refractivity contribution in [2.45, 2.75) is 5.41 Å². The first kappa shape index (κ1) is 10.6. The van der Waals surface area contributed by atoms with Crippen molar-refractivity contribution < 1.29 is 9.47 Å². The van der Waals surface area contributed by atoms with Crippen molar-refractivity contribution in [1.82, 2.24) is 4.98 Å². The molecule has 4 heteroatoms. The van der Waals surface area contributed by atoms with Crippen molar-refractivity contribution in [3.63, 3.8) is 0 Å². The third-order valence-electron chi connectivity index (χ3n) is 3.80. The van der Waals surface area contributed by atoms with Crippen molar-refractivity contribution >= 4 is 11.9 Å². The molecule has 0 aliphatic carbocycles. The summed E-state index contributed by atoms with van der Waals surface area (Å²) in [5.41, 5.74) is 2.98. The molecule has 2 aliphatic heterocycles. The summed E-state index contributed by atoms with van der Waals surface area (Å²) in [6.45, 7) is 0.567. The number of ether oxygens (including phenoxy) is 2. The number of aliphatic imine (C=N–C) groups is 1. The minimum Gasteiger partial charge on any atom is -0.490 e. The molecule has 2 aromatic rings. The Morgan fingerprint density at radius 2 is 2.16 bits per heavy atom. The summed E-state index contributed by atoms with van der Waals surface area (Å²) in [5.74, 6) is 1.41. The van der Waals surface area contributed by atoms with Crippen LogP contribution in [0, 0.1) is 0 Å². The number of hydrogen-bond acceptors (Lipinski definition) is 4. The number of rotatable bonds is 1. The molecule has 1 aromatic heterocycles. The average molecular weight is 252 g/mol. The van der Waals surface area contributed by atoms with E-state index in [9.17, 15) is 0 Å². The summed E-state index contributed by atoms with van der Waals surface area (Å²) < 4.78 is 11.0. The van der Waals surface area contributed by atoms with Crippen molar-refractivity contribution in [1.29, 1.82) is 0 Å². The van der Waals surface area contributed by atoms with E-state index in [-0.39, 0.29) is 5.41 Å². The van der Waals surface area contributed by atoms with E-state index in [1.54, 1.807) is 13.3 Å². The standard InChI is InChI=1S/C15H12N2O2/c1-18-14-6-11-13(7-16-14)19-9-15(11)8-17-12-5-3-2-4-10(12)15/h2-8H,9H2,1H3. The highest BCUT2D eigenvalue weighted by Gasteiger charge is 2.45. The van der Waals surface area contributed by atoms with Crippen molar-refractivity contribution in [2.75, 3.05) is 13.7 Å². The molecule has 0 N–H and O–H groups in total. The quantitative estimate of drug-likeness (QED) is 0.783. The van der Waals surface area contributed by atoms with Gasteiger partial charge in [0.2, 0.25) is 5.88 Å². The molecule has 19 heavy (non-hydrogen) atoms. The summed E-state index contributed by atoms with van der Waals surface area (Å²) in [6, 6.07) is 10.1. The number of methoxy groups -OCH3 is 1. The zero-order valence-corrected chi connectivity index (χ0v) is 10.5. The molecule has 0 radical (unpaired) electrons. The minimum atomic E-state index is -0.290. The lowest BCUT2D eigenvalue weighted by Gasteiger charge is -2.20. The average Bonchev–Trinajstić information content (AvgIpc) is 3.03. The smallest absolute Gasteiger partial charge is 0.213 e. The second-order valence-corrected chi connectivity index (χ2v) is 4.76. The zero-order valence-electron chi connectivity index (χ0n) is 10.5. The van der Waals surface area contributed by atoms with Crippen LogP contribution in [0.15, 0.2) is 41.5 Å². The van der Waals surface area contributed by atoms with Gasteiger partial charge in [-0.1, -0.05) is 18.2 Å². The minimum absolute atomic E-state index is 0.290. The van der Waals surface area contributed by atoms with E-state index >= 15 is 0 Å². The summed E-state index contributed by atoms with van der Waals surface area (Å²) in [5, 5.41) is 0. The molecule has 0 saturated heterocycles. The van der Waals surface area contributed by atoms with Crippen LogP contribution in [-0.4, -0.2) is 24.9 Å². The number of nitrogens with zero attached hydrogens (tertiary/aromatic N) is 2. The Balaban J connectivity index is 1.96. The molecule has 0 saturated carbocycles. The third-order valence-corrected chi connectivity index (χ3v) is 3.80. The van der Waals surface area contributed by atoms with Crippen LogP contribution in [0.5, 0.6) is 11.6 Å². The molecule has 2 aliphatic rings. The molecule has 94 valence electrons. The van der Waals surface area contributed by atoms with Crippen molar-refractivity contribution in [3.05, 3.63) is 47.7 Å². The van der Waals surface area contributed by atoms with Crippen LogP contribution in [-0.2, 0) is 5.41 Å². The van der Waals surface area contributed by atoms with Gasteiger partial charge in [0.1, 0.15) is 12.4 Å². The molecule has 1 aromatic carbocycles. The Morgan fingerprint density at radius 1 is 1.26 bits per heavy atom. The maximum Gasteiger partial charge on any atom is 0.213 e. The predicted octanol–water partition coefficient (Wildman–Crippen LogP) is 2.48. The molecule has 4 nitrogen and oxygen atoms in total. The third kappa shape index (κ3) is 1.28. The maximum atomic E-state index is 5.78. The SMILES string of the molecule is COc1cc2c(cn1)OCC21C=Nc2ccccc21. The van der Waals surface area contributed by atoms with Gasteiger partial charge >= 0.3 is 0 Å². The van der Waals surface area contributed by atoms with Crippen LogP contribution in [0.4, 0.5) is 5.69 Å². The largest absolute Gasteiger partial charge is 0.490 e. The van der Waals surface area contributed by atoms with Crippen LogP contribution in [0.25, 0.3) is 0 Å². The Kier molecular flexibility index (Phi) is 1.98. The maximum absolute atomic E-state index is 5.78. The Labute approximate surface area is 110 Å². The highest BCUT2D eigenvalue weighted by atomic mass is 16.5. The van der Waals surface area contributed by atoms with Gasteiger partial charge in [-0.3, -0.25) is 4.99 Å². The van der Waals surface area contributed by atoms with Gasteiger partial charge in [-0.15, -0.1) is 0 Å². The van der Waals surface area contributed by atoms with E-state index in [0.717, 1.165) is 17.0 Å². The van der Waals surface area contributed by atoms with Gasteiger partial charge < -0.3 is 9.47 Å². The van der Waals surface area contributed by atoms with Crippen LogP contribution >= 0.6 is 0 Å². The first-order valence-corrected chi connectivity index (χ1v) is 6.15. The summed E-state index contributed by atoms with van der Waals surface area (Å²) in [7, 11) is 1.62. The van der Waals surface area contributed by atoms with Crippen LogP contribution in [0.2, 0.25) is 0 Å². The van der Waals surface area contributed by atoms with E-state index in [4.69, 9.17) is 9.47 Å². The summed E-state index contributed by atoms with van der Waals surface area (Å²) >= 11 is 0. The van der Waals surface area contributed by atoms with Crippen LogP contribution in [0.1, 0.15) is 11.1 Å². The van der Waals surface area contributed by atoms with Gasteiger partial charge in [0.25, 0.3) is 0 Å². The molecule has 1 unspecified atom stereocenters. The van der Waals surface area contributed by atoms with Crippen LogP contribution in [0.3, 0.4) is 0 Å². The van der Waals surface area contributed by atoms with Crippen LogP contribution < -0.4 is 9.47 Å². The Morgan fingerprint density at radius 3 is 3.05 bits per heavy atom. The second kappa shape index (κ2) is 3.57. The topological polar surface area (TPSA) is 43.7 Å². The van der Waals surface area contributed by atoms with Gasteiger partial charge in [-0.25, -0.2) is 4.98 Å². The van der Waals surface area contributed by atoms with Gasteiger partial charge in [0, 0.05) is 17.8 Å². The molecule has 0 bridgehead atoms. The van der Waals surface area contributed by atoms with E-state index in [1.165, 1.54) is 5.56 Å². The lowest BCUT2D eigenvalue weighted by molar-refractivity contribution is 0.327. The lowest BCUT2D eigenvalue weighted by Crippen LogP contribution is -2.28. The molecule has 4 rings (SSSR count). The molecular formula is C15H12N2O2. The number of aromatic nitrogens is 1. The number of fused-ring (bicyclic) bond motifs is 4. The normalized spacial score (nSPS) is 22.2. The fourth-order valence-corrected chi connectivity index (χ4v) is 2.81. The number of hydrogen-bond donors (Lipinski definition) is 0. The van der Waals surface area contributed by atoms with Crippen molar-refractivity contribution in [3.8, 4) is 11.6 Å². The molecule has 1 atom stereocenters. The van der Waals surface area contributed by atoms with E-state index in [1.807, 2.05) is 30.5 Å². The number of para-hydroxylation sites is 1.